The highest BCUT2D eigenvalue weighted by atomic mass is 15.2. The first-order chi connectivity index (χ1) is 8.36. The number of nitrogens with zero attached hydrogens (tertiary/aromatic N) is 1. The van der Waals surface area contributed by atoms with E-state index in [0.717, 1.165) is 24.4 Å². The van der Waals surface area contributed by atoms with E-state index >= 15 is 0 Å². The van der Waals surface area contributed by atoms with Crippen LogP contribution >= 0.6 is 0 Å². The fourth-order valence-electron chi connectivity index (χ4n) is 3.73. The molecule has 0 radical (unpaired) electrons. The normalized spacial score (nSPS) is 34.5. The molecule has 2 heterocycles. The Kier molecular flexibility index (Phi) is 4.68. The number of hydrogen-bond donors (Lipinski definition) is 0. The number of rotatable bonds is 3. The summed E-state index contributed by atoms with van der Waals surface area (Å²) in [6.45, 7) is 3.67. The van der Waals surface area contributed by atoms with E-state index in [1.165, 1.54) is 45.1 Å². The van der Waals surface area contributed by atoms with E-state index in [-0.39, 0.29) is 0 Å². The zero-order valence-electron chi connectivity index (χ0n) is 11.1. The lowest BCUT2D eigenvalue weighted by Gasteiger charge is -2.49. The number of piperidine rings is 2. The van der Waals surface area contributed by atoms with Crippen molar-refractivity contribution >= 4 is 0 Å². The van der Waals surface area contributed by atoms with E-state index in [4.69, 9.17) is 6.42 Å². The van der Waals surface area contributed by atoms with Gasteiger partial charge in [-0.15, -0.1) is 6.42 Å². The molecule has 94 valence electrons. The van der Waals surface area contributed by atoms with Crippen molar-refractivity contribution in [2.75, 3.05) is 6.54 Å². The minimum absolute atomic E-state index is 0.757. The van der Waals surface area contributed by atoms with Gasteiger partial charge in [0.25, 0.3) is 0 Å². The molecule has 0 spiro atoms. The van der Waals surface area contributed by atoms with Crippen LogP contribution in [-0.4, -0.2) is 23.5 Å². The largest absolute Gasteiger partial charge is 0.297 e. The summed E-state index contributed by atoms with van der Waals surface area (Å²) >= 11 is 0. The van der Waals surface area contributed by atoms with Gasteiger partial charge in [-0.1, -0.05) is 31.8 Å². The van der Waals surface area contributed by atoms with Gasteiger partial charge in [-0.05, 0) is 50.6 Å². The summed E-state index contributed by atoms with van der Waals surface area (Å²) in [6, 6.07) is 1.62. The highest BCUT2D eigenvalue weighted by molar-refractivity contribution is 5.09. The molecule has 0 aromatic carbocycles. The average Bonchev–Trinajstić information content (AvgIpc) is 2.39. The highest BCUT2D eigenvalue weighted by Gasteiger charge is 2.36. The quantitative estimate of drug-likeness (QED) is 0.671. The van der Waals surface area contributed by atoms with Crippen LogP contribution in [0.25, 0.3) is 0 Å². The van der Waals surface area contributed by atoms with E-state index in [2.05, 4.69) is 23.8 Å². The van der Waals surface area contributed by atoms with Gasteiger partial charge in [-0.3, -0.25) is 4.90 Å². The molecule has 0 amide bonds. The van der Waals surface area contributed by atoms with Crippen molar-refractivity contribution in [2.24, 2.45) is 5.92 Å². The summed E-state index contributed by atoms with van der Waals surface area (Å²) < 4.78 is 0. The fourth-order valence-corrected chi connectivity index (χ4v) is 3.73. The average molecular weight is 231 g/mol. The second-order valence-electron chi connectivity index (χ2n) is 5.51. The molecule has 17 heavy (non-hydrogen) atoms. The van der Waals surface area contributed by atoms with Crippen LogP contribution < -0.4 is 0 Å². The van der Waals surface area contributed by atoms with Crippen LogP contribution in [0.1, 0.15) is 51.9 Å². The van der Waals surface area contributed by atoms with Crippen LogP contribution in [0, 0.1) is 18.3 Å². The third-order valence-corrected chi connectivity index (χ3v) is 4.62. The molecule has 2 aliphatic heterocycles. The van der Waals surface area contributed by atoms with E-state index in [1.54, 1.807) is 0 Å². The Morgan fingerprint density at radius 2 is 2.18 bits per heavy atom. The summed E-state index contributed by atoms with van der Waals surface area (Å²) in [5, 5.41) is 0. The first kappa shape index (κ1) is 12.7. The van der Waals surface area contributed by atoms with E-state index < -0.39 is 0 Å². The molecular weight excluding hydrogens is 206 g/mol. The van der Waals surface area contributed by atoms with E-state index in [9.17, 15) is 0 Å². The molecule has 2 aliphatic rings. The molecular formula is C16H25N. The van der Waals surface area contributed by atoms with Gasteiger partial charge < -0.3 is 0 Å². The minimum atomic E-state index is 0.757. The van der Waals surface area contributed by atoms with Gasteiger partial charge in [0.05, 0.1) is 0 Å². The fraction of sp³-hybridized carbons (Fsp3) is 0.750. The maximum absolute atomic E-state index is 5.27. The molecule has 2 saturated heterocycles. The van der Waals surface area contributed by atoms with Crippen LogP contribution in [-0.2, 0) is 0 Å². The lowest BCUT2D eigenvalue weighted by atomic mass is 9.78. The predicted molar refractivity (Wildman–Crippen MR) is 73.7 cm³/mol. The summed E-state index contributed by atoms with van der Waals surface area (Å²) in [4.78, 5) is 2.79. The Bertz CT molecular complexity index is 299. The monoisotopic (exact) mass is 231 g/mol. The third kappa shape index (κ3) is 2.93. The Morgan fingerprint density at radius 3 is 2.94 bits per heavy atom. The minimum Gasteiger partial charge on any atom is -0.297 e. The molecule has 1 nitrogen and oxygen atoms in total. The Morgan fingerprint density at radius 1 is 1.29 bits per heavy atom. The summed E-state index contributed by atoms with van der Waals surface area (Å²) in [5.41, 5.74) is 0. The van der Waals surface area contributed by atoms with Crippen molar-refractivity contribution in [3.63, 3.8) is 0 Å². The van der Waals surface area contributed by atoms with Crippen LogP contribution in [0.15, 0.2) is 12.2 Å². The number of terminal acetylenes is 1. The summed E-state index contributed by atoms with van der Waals surface area (Å²) in [5.74, 6) is 3.55. The maximum Gasteiger partial charge on any atom is 0.0133 e. The molecule has 0 bridgehead atoms. The first-order valence-corrected chi connectivity index (χ1v) is 7.23. The van der Waals surface area contributed by atoms with Gasteiger partial charge in [0.2, 0.25) is 0 Å². The zero-order chi connectivity index (χ0) is 12.1. The van der Waals surface area contributed by atoms with E-state index in [0.29, 0.717) is 0 Å². The molecule has 3 atom stereocenters. The Labute approximate surface area is 106 Å². The summed E-state index contributed by atoms with van der Waals surface area (Å²) in [6.07, 6.45) is 18.9. The second-order valence-corrected chi connectivity index (χ2v) is 5.51. The number of hydrogen-bond acceptors (Lipinski definition) is 1. The standard InChI is InChI=1S/C16H25N/c1-3-5-6-9-15-12-11-14(4-2)16-10-7-8-13-17(15)16/h1,5-6,14-16H,4,7-13H2,2H3/b6-5-/t14?,15-,16+/m1/s1. The van der Waals surface area contributed by atoms with Gasteiger partial charge in [0.15, 0.2) is 0 Å². The van der Waals surface area contributed by atoms with Crippen LogP contribution in [0.3, 0.4) is 0 Å². The van der Waals surface area contributed by atoms with Crippen LogP contribution in [0.4, 0.5) is 0 Å². The molecule has 0 aromatic rings. The van der Waals surface area contributed by atoms with Gasteiger partial charge in [-0.2, -0.15) is 0 Å². The van der Waals surface area contributed by atoms with E-state index in [1.807, 2.05) is 6.08 Å². The Balaban J connectivity index is 1.99. The SMILES string of the molecule is C#C/C=C\C[C@@H]1CCC(CC)[C@@H]2CCCCN12. The molecule has 2 fully saturated rings. The smallest absolute Gasteiger partial charge is 0.0133 e. The van der Waals surface area contributed by atoms with Crippen LogP contribution in [0.2, 0.25) is 0 Å². The molecule has 2 rings (SSSR count). The molecule has 1 heteroatoms. The zero-order valence-corrected chi connectivity index (χ0v) is 11.1. The second kappa shape index (κ2) is 6.26. The van der Waals surface area contributed by atoms with Gasteiger partial charge in [0.1, 0.15) is 0 Å². The lowest BCUT2D eigenvalue weighted by molar-refractivity contribution is 0.0118. The van der Waals surface area contributed by atoms with Crippen molar-refractivity contribution in [1.29, 1.82) is 0 Å². The number of fused-ring (bicyclic) bond motifs is 1. The molecule has 0 aromatic heterocycles. The van der Waals surface area contributed by atoms with Gasteiger partial charge >= 0.3 is 0 Å². The topological polar surface area (TPSA) is 3.24 Å². The van der Waals surface area contributed by atoms with Gasteiger partial charge in [0, 0.05) is 12.1 Å². The van der Waals surface area contributed by atoms with Crippen molar-refractivity contribution in [1.82, 2.24) is 4.90 Å². The predicted octanol–water partition coefficient (Wildman–Crippen LogP) is 3.61. The van der Waals surface area contributed by atoms with Crippen molar-refractivity contribution < 1.29 is 0 Å². The summed E-state index contributed by atoms with van der Waals surface area (Å²) in [7, 11) is 0. The molecule has 0 aliphatic carbocycles. The van der Waals surface area contributed by atoms with Gasteiger partial charge in [-0.25, -0.2) is 0 Å². The van der Waals surface area contributed by atoms with Crippen molar-refractivity contribution in [2.45, 2.75) is 64.0 Å². The third-order valence-electron chi connectivity index (χ3n) is 4.62. The van der Waals surface area contributed by atoms with Crippen LogP contribution in [0.5, 0.6) is 0 Å². The molecule has 0 saturated carbocycles. The first-order valence-electron chi connectivity index (χ1n) is 7.23. The Hall–Kier alpha value is -0.740. The van der Waals surface area contributed by atoms with Crippen molar-refractivity contribution in [3.05, 3.63) is 12.2 Å². The highest BCUT2D eigenvalue weighted by Crippen LogP contribution is 2.36. The van der Waals surface area contributed by atoms with Crippen molar-refractivity contribution in [3.8, 4) is 12.3 Å². The maximum atomic E-state index is 5.27. The molecule has 1 unspecified atom stereocenters. The lowest BCUT2D eigenvalue weighted by Crippen LogP contribution is -2.52. The molecule has 0 N–H and O–H groups in total. The number of allylic oxidation sites excluding steroid dienone is 1.